The van der Waals surface area contributed by atoms with E-state index in [9.17, 15) is 4.79 Å². The Balaban J connectivity index is 2.64. The van der Waals surface area contributed by atoms with Crippen molar-refractivity contribution >= 4 is 23.3 Å². The van der Waals surface area contributed by atoms with E-state index in [0.29, 0.717) is 11.4 Å². The highest BCUT2D eigenvalue weighted by Crippen LogP contribution is 2.17. The Labute approximate surface area is 90.0 Å². The summed E-state index contributed by atoms with van der Waals surface area (Å²) in [5, 5.41) is 3.34. The van der Waals surface area contributed by atoms with Gasteiger partial charge in [0, 0.05) is 16.3 Å². The van der Waals surface area contributed by atoms with Crippen LogP contribution in [0.5, 0.6) is 0 Å². The van der Waals surface area contributed by atoms with E-state index in [0.717, 1.165) is 4.88 Å². The third kappa shape index (κ3) is 3.43. The number of hydrazine groups is 1. The number of hydrogen-bond donors (Lipinski definition) is 2. The molecule has 6 nitrogen and oxygen atoms in total. The lowest BCUT2D eigenvalue weighted by molar-refractivity contribution is 0.0957. The van der Waals surface area contributed by atoms with Crippen LogP contribution in [0.4, 0.5) is 0 Å². The Morgan fingerprint density at radius 3 is 3.20 bits per heavy atom. The Morgan fingerprint density at radius 2 is 2.53 bits per heavy atom. The molecule has 15 heavy (non-hydrogen) atoms. The summed E-state index contributed by atoms with van der Waals surface area (Å²) >= 11 is 1.31. The highest BCUT2D eigenvalue weighted by atomic mass is 32.1. The normalized spacial score (nSPS) is 9.93. The largest absolute Gasteiger partial charge is 0.289 e. The summed E-state index contributed by atoms with van der Waals surface area (Å²) in [7, 11) is 0. The van der Waals surface area contributed by atoms with E-state index < -0.39 is 0 Å². The minimum atomic E-state index is -0.310. The van der Waals surface area contributed by atoms with Gasteiger partial charge in [-0.1, -0.05) is 11.2 Å². The molecule has 1 heterocycles. The molecule has 0 saturated carbocycles. The SMILES string of the molecule is [N-]=[N+]=NCC=Cc1ccc(C(=O)NN)s1. The van der Waals surface area contributed by atoms with E-state index in [4.69, 9.17) is 11.4 Å². The maximum absolute atomic E-state index is 11.1. The molecule has 0 unspecified atom stereocenters. The Morgan fingerprint density at radius 1 is 1.73 bits per heavy atom. The van der Waals surface area contributed by atoms with Crippen LogP contribution in [-0.4, -0.2) is 12.5 Å². The average molecular weight is 223 g/mol. The number of nitrogens with one attached hydrogen (secondary N) is 1. The van der Waals surface area contributed by atoms with Crippen LogP contribution in [0, 0.1) is 0 Å². The fourth-order valence-corrected chi connectivity index (χ4v) is 1.73. The van der Waals surface area contributed by atoms with Crippen LogP contribution >= 0.6 is 11.3 Å². The van der Waals surface area contributed by atoms with E-state index in [1.165, 1.54) is 11.3 Å². The predicted molar refractivity (Wildman–Crippen MR) is 59.0 cm³/mol. The van der Waals surface area contributed by atoms with Gasteiger partial charge >= 0.3 is 0 Å². The van der Waals surface area contributed by atoms with Gasteiger partial charge in [-0.05, 0) is 23.7 Å². The fourth-order valence-electron chi connectivity index (χ4n) is 0.888. The monoisotopic (exact) mass is 223 g/mol. The van der Waals surface area contributed by atoms with Crippen molar-refractivity contribution in [1.82, 2.24) is 5.43 Å². The lowest BCUT2D eigenvalue weighted by Gasteiger charge is -1.91. The molecule has 1 rings (SSSR count). The molecular formula is C8H9N5OS. The molecule has 1 aromatic heterocycles. The molecule has 1 aromatic rings. The van der Waals surface area contributed by atoms with Gasteiger partial charge in [-0.15, -0.1) is 11.3 Å². The molecule has 0 spiro atoms. The van der Waals surface area contributed by atoms with E-state index in [1.54, 1.807) is 24.3 Å². The minimum Gasteiger partial charge on any atom is -0.289 e. The maximum Gasteiger partial charge on any atom is 0.275 e. The van der Waals surface area contributed by atoms with Gasteiger partial charge in [-0.2, -0.15) is 0 Å². The smallest absolute Gasteiger partial charge is 0.275 e. The molecular weight excluding hydrogens is 214 g/mol. The van der Waals surface area contributed by atoms with E-state index in [1.807, 2.05) is 0 Å². The van der Waals surface area contributed by atoms with E-state index >= 15 is 0 Å². The molecule has 7 heteroatoms. The van der Waals surface area contributed by atoms with Gasteiger partial charge in [0.1, 0.15) is 0 Å². The zero-order valence-electron chi connectivity index (χ0n) is 7.75. The van der Waals surface area contributed by atoms with Gasteiger partial charge in [-0.25, -0.2) is 5.84 Å². The summed E-state index contributed by atoms with van der Waals surface area (Å²) in [5.74, 6) is 4.68. The summed E-state index contributed by atoms with van der Waals surface area (Å²) < 4.78 is 0. The zero-order chi connectivity index (χ0) is 11.1. The number of nitrogens with two attached hydrogens (primary N) is 1. The molecule has 0 bridgehead atoms. The molecule has 0 aliphatic heterocycles. The van der Waals surface area contributed by atoms with Crippen molar-refractivity contribution in [2.45, 2.75) is 0 Å². The first-order valence-corrected chi connectivity index (χ1v) is 4.87. The number of nitrogens with zero attached hydrogens (tertiary/aromatic N) is 3. The number of carbonyl (C=O) groups is 1. The highest BCUT2D eigenvalue weighted by Gasteiger charge is 2.05. The van der Waals surface area contributed by atoms with E-state index in [-0.39, 0.29) is 5.91 Å². The van der Waals surface area contributed by atoms with Crippen molar-refractivity contribution in [2.75, 3.05) is 6.54 Å². The number of carbonyl (C=O) groups excluding carboxylic acids is 1. The topological polar surface area (TPSA) is 104 Å². The summed E-state index contributed by atoms with van der Waals surface area (Å²) in [6, 6.07) is 3.47. The van der Waals surface area contributed by atoms with Crippen molar-refractivity contribution in [3.8, 4) is 0 Å². The molecule has 1 amide bonds. The lowest BCUT2D eigenvalue weighted by Crippen LogP contribution is -2.29. The van der Waals surface area contributed by atoms with Crippen LogP contribution in [0.25, 0.3) is 16.5 Å². The number of azide groups is 1. The van der Waals surface area contributed by atoms with Crippen LogP contribution in [0.15, 0.2) is 23.3 Å². The standard InChI is InChI=1S/C8H9N5OS/c9-12-8(14)7-4-3-6(15-7)2-1-5-11-13-10/h1-4H,5,9H2,(H,12,14). The molecule has 3 N–H and O–H groups in total. The molecule has 0 aliphatic carbocycles. The second kappa shape index (κ2) is 5.82. The quantitative estimate of drug-likeness (QED) is 0.202. The van der Waals surface area contributed by atoms with Crippen LogP contribution in [-0.2, 0) is 0 Å². The second-order valence-corrected chi connectivity index (χ2v) is 3.61. The van der Waals surface area contributed by atoms with Crippen molar-refractivity contribution in [2.24, 2.45) is 11.0 Å². The fraction of sp³-hybridized carbons (Fsp3) is 0.125. The van der Waals surface area contributed by atoms with Gasteiger partial charge in [0.05, 0.1) is 4.88 Å². The first-order valence-electron chi connectivity index (χ1n) is 4.06. The Kier molecular flexibility index (Phi) is 4.36. The Bertz CT molecular complexity index is 418. The lowest BCUT2D eigenvalue weighted by atomic mass is 10.4. The van der Waals surface area contributed by atoms with Gasteiger partial charge < -0.3 is 0 Å². The molecule has 0 aliphatic rings. The summed E-state index contributed by atoms with van der Waals surface area (Å²) in [5.41, 5.74) is 10.1. The molecule has 0 atom stereocenters. The first kappa shape index (κ1) is 11.3. The highest BCUT2D eigenvalue weighted by molar-refractivity contribution is 7.14. The third-order valence-corrected chi connectivity index (χ3v) is 2.56. The van der Waals surface area contributed by atoms with Crippen LogP contribution in [0.3, 0.4) is 0 Å². The summed E-state index contributed by atoms with van der Waals surface area (Å²) in [6.07, 6.45) is 3.50. The van der Waals surface area contributed by atoms with Gasteiger partial charge in [0.2, 0.25) is 0 Å². The van der Waals surface area contributed by atoms with Gasteiger partial charge in [0.15, 0.2) is 0 Å². The van der Waals surface area contributed by atoms with Crippen LogP contribution in [0.2, 0.25) is 0 Å². The minimum absolute atomic E-state index is 0.298. The van der Waals surface area contributed by atoms with Gasteiger partial charge in [-0.3, -0.25) is 10.2 Å². The predicted octanol–water partition coefficient (Wildman–Crippen LogP) is 1.68. The summed E-state index contributed by atoms with van der Waals surface area (Å²) in [4.78, 5) is 15.1. The Hall–Kier alpha value is -1.82. The number of thiophene rings is 1. The van der Waals surface area contributed by atoms with Crippen LogP contribution in [0.1, 0.15) is 14.5 Å². The van der Waals surface area contributed by atoms with Crippen LogP contribution < -0.4 is 11.3 Å². The van der Waals surface area contributed by atoms with Gasteiger partial charge in [0.25, 0.3) is 5.91 Å². The number of amides is 1. The molecule has 0 saturated heterocycles. The van der Waals surface area contributed by atoms with E-state index in [2.05, 4.69) is 15.5 Å². The number of nitrogen functional groups attached to an aromatic ring is 1. The molecule has 0 radical (unpaired) electrons. The molecule has 78 valence electrons. The van der Waals surface area contributed by atoms with Crippen molar-refractivity contribution < 1.29 is 4.79 Å². The first-order chi connectivity index (χ1) is 7.27. The van der Waals surface area contributed by atoms with Crippen molar-refractivity contribution in [3.63, 3.8) is 0 Å². The third-order valence-electron chi connectivity index (χ3n) is 1.51. The molecule has 0 fully saturated rings. The van der Waals surface area contributed by atoms with Crippen molar-refractivity contribution in [3.05, 3.63) is 38.4 Å². The number of hydrogen-bond acceptors (Lipinski definition) is 4. The maximum atomic E-state index is 11.1. The van der Waals surface area contributed by atoms with Crippen molar-refractivity contribution in [1.29, 1.82) is 0 Å². The zero-order valence-corrected chi connectivity index (χ0v) is 8.57. The number of rotatable bonds is 4. The summed E-state index contributed by atoms with van der Waals surface area (Å²) in [6.45, 7) is 0.298. The average Bonchev–Trinajstić information content (AvgIpc) is 2.72. The second-order valence-electron chi connectivity index (χ2n) is 2.49. The molecule has 0 aromatic carbocycles.